The molecule has 0 spiro atoms. The summed E-state index contributed by atoms with van der Waals surface area (Å²) in [5.74, 6) is 0.887. The van der Waals surface area contributed by atoms with Crippen molar-refractivity contribution in [3.05, 3.63) is 52.4 Å². The lowest BCUT2D eigenvalue weighted by Crippen LogP contribution is -2.02. The minimum Gasteiger partial charge on any atom is -0.366 e. The van der Waals surface area contributed by atoms with Crippen LogP contribution in [0.2, 0.25) is 0 Å². The summed E-state index contributed by atoms with van der Waals surface area (Å²) in [6, 6.07) is 7.92. The highest BCUT2D eigenvalue weighted by Gasteiger charge is 1.98. The van der Waals surface area contributed by atoms with Crippen LogP contribution in [0.4, 0.5) is 5.82 Å². The summed E-state index contributed by atoms with van der Waals surface area (Å²) >= 11 is 3.43. The maximum Gasteiger partial charge on any atom is 0.126 e. The molecule has 2 rings (SSSR count). The van der Waals surface area contributed by atoms with Gasteiger partial charge in [-0.25, -0.2) is 4.98 Å². The largest absolute Gasteiger partial charge is 0.366 e. The quantitative estimate of drug-likeness (QED) is 0.937. The van der Waals surface area contributed by atoms with Crippen molar-refractivity contribution >= 4 is 21.7 Å². The number of nitrogens with zero attached hydrogens (tertiary/aromatic N) is 2. The van der Waals surface area contributed by atoms with Crippen molar-refractivity contribution in [3.8, 4) is 0 Å². The second kappa shape index (κ2) is 5.07. The maximum atomic E-state index is 4.41. The van der Waals surface area contributed by atoms with E-state index in [2.05, 4.69) is 31.2 Å². The number of hydrogen-bond acceptors (Lipinski definition) is 3. The zero-order valence-electron chi connectivity index (χ0n) is 8.94. The number of aryl methyl sites for hydroxylation is 1. The Hall–Kier alpha value is -1.42. The predicted molar refractivity (Wildman–Crippen MR) is 68.2 cm³/mol. The molecular weight excluding hydrogens is 266 g/mol. The average molecular weight is 278 g/mol. The van der Waals surface area contributed by atoms with Gasteiger partial charge in [-0.1, -0.05) is 0 Å². The lowest BCUT2D eigenvalue weighted by molar-refractivity contribution is 1.07. The van der Waals surface area contributed by atoms with Crippen LogP contribution in [-0.2, 0) is 6.54 Å². The molecule has 0 atom stereocenters. The van der Waals surface area contributed by atoms with Gasteiger partial charge in [-0.2, -0.15) is 0 Å². The van der Waals surface area contributed by atoms with Crippen molar-refractivity contribution in [1.29, 1.82) is 0 Å². The number of nitrogens with one attached hydrogen (secondary N) is 1. The standard InChI is InChI=1S/C12H12BrN3/c1-9-11(13)2-3-12(16-9)15-8-10-4-6-14-7-5-10/h2-7H,8H2,1H3,(H,15,16). The monoisotopic (exact) mass is 277 g/mol. The fraction of sp³-hybridized carbons (Fsp3) is 0.167. The van der Waals surface area contributed by atoms with Crippen molar-refractivity contribution in [3.63, 3.8) is 0 Å². The minimum absolute atomic E-state index is 0.761. The number of anilines is 1. The van der Waals surface area contributed by atoms with Gasteiger partial charge in [0.05, 0.1) is 5.69 Å². The van der Waals surface area contributed by atoms with Gasteiger partial charge in [-0.3, -0.25) is 4.98 Å². The van der Waals surface area contributed by atoms with Crippen molar-refractivity contribution in [2.45, 2.75) is 13.5 Å². The first-order chi connectivity index (χ1) is 7.75. The molecule has 3 nitrogen and oxygen atoms in total. The van der Waals surface area contributed by atoms with Gasteiger partial charge in [0.25, 0.3) is 0 Å². The van der Waals surface area contributed by atoms with Crippen LogP contribution in [0.15, 0.2) is 41.1 Å². The number of halogens is 1. The van der Waals surface area contributed by atoms with E-state index in [1.54, 1.807) is 12.4 Å². The summed E-state index contributed by atoms with van der Waals surface area (Å²) in [4.78, 5) is 8.39. The first kappa shape index (κ1) is 11.1. The molecule has 2 heterocycles. The molecule has 0 aliphatic rings. The zero-order chi connectivity index (χ0) is 11.4. The summed E-state index contributed by atoms with van der Waals surface area (Å²) in [5, 5.41) is 3.27. The Morgan fingerprint density at radius 2 is 1.94 bits per heavy atom. The van der Waals surface area contributed by atoms with E-state index >= 15 is 0 Å². The van der Waals surface area contributed by atoms with Gasteiger partial charge in [-0.15, -0.1) is 0 Å². The fourth-order valence-corrected chi connectivity index (χ4v) is 1.56. The smallest absolute Gasteiger partial charge is 0.126 e. The topological polar surface area (TPSA) is 37.8 Å². The number of aromatic nitrogens is 2. The van der Waals surface area contributed by atoms with Gasteiger partial charge in [0.15, 0.2) is 0 Å². The second-order valence-electron chi connectivity index (χ2n) is 3.47. The summed E-state index contributed by atoms with van der Waals surface area (Å²) < 4.78 is 1.03. The van der Waals surface area contributed by atoms with E-state index in [9.17, 15) is 0 Å². The summed E-state index contributed by atoms with van der Waals surface area (Å²) in [7, 11) is 0. The van der Waals surface area contributed by atoms with E-state index in [0.717, 1.165) is 22.5 Å². The van der Waals surface area contributed by atoms with Gasteiger partial charge < -0.3 is 5.32 Å². The van der Waals surface area contributed by atoms with Gasteiger partial charge in [0, 0.05) is 23.4 Å². The van der Waals surface area contributed by atoms with Crippen LogP contribution in [0.25, 0.3) is 0 Å². The van der Waals surface area contributed by atoms with E-state index in [1.165, 1.54) is 5.56 Å². The van der Waals surface area contributed by atoms with Crippen LogP contribution in [0.1, 0.15) is 11.3 Å². The van der Waals surface area contributed by atoms with E-state index < -0.39 is 0 Å². The Labute approximate surface area is 103 Å². The van der Waals surface area contributed by atoms with Crippen LogP contribution in [-0.4, -0.2) is 9.97 Å². The molecule has 0 radical (unpaired) electrons. The zero-order valence-corrected chi connectivity index (χ0v) is 10.5. The third-order valence-corrected chi connectivity index (χ3v) is 3.08. The Bertz CT molecular complexity index is 471. The highest BCUT2D eigenvalue weighted by Crippen LogP contribution is 2.16. The first-order valence-corrected chi connectivity index (χ1v) is 5.81. The van der Waals surface area contributed by atoms with Crippen molar-refractivity contribution < 1.29 is 0 Å². The third-order valence-electron chi connectivity index (χ3n) is 2.24. The highest BCUT2D eigenvalue weighted by atomic mass is 79.9. The van der Waals surface area contributed by atoms with Crippen LogP contribution >= 0.6 is 15.9 Å². The molecule has 2 aromatic rings. The molecule has 0 aromatic carbocycles. The van der Waals surface area contributed by atoms with Crippen molar-refractivity contribution in [1.82, 2.24) is 9.97 Å². The Morgan fingerprint density at radius 1 is 1.19 bits per heavy atom. The molecule has 0 aliphatic heterocycles. The predicted octanol–water partition coefficient (Wildman–Crippen LogP) is 3.16. The Morgan fingerprint density at radius 3 is 2.62 bits per heavy atom. The molecule has 82 valence electrons. The summed E-state index contributed by atoms with van der Waals surface area (Å²) in [5.41, 5.74) is 2.18. The molecular formula is C12H12BrN3. The molecule has 4 heteroatoms. The molecule has 16 heavy (non-hydrogen) atoms. The molecule has 0 aliphatic carbocycles. The van der Waals surface area contributed by atoms with E-state index in [0.29, 0.717) is 0 Å². The Balaban J connectivity index is 2.03. The summed E-state index contributed by atoms with van der Waals surface area (Å²) in [6.07, 6.45) is 3.58. The van der Waals surface area contributed by atoms with Gasteiger partial charge in [0.2, 0.25) is 0 Å². The maximum absolute atomic E-state index is 4.41. The minimum atomic E-state index is 0.761. The number of hydrogen-bond donors (Lipinski definition) is 1. The normalized spacial score (nSPS) is 10.1. The number of pyridine rings is 2. The van der Waals surface area contributed by atoms with Crippen molar-refractivity contribution in [2.75, 3.05) is 5.32 Å². The lowest BCUT2D eigenvalue weighted by Gasteiger charge is -2.06. The van der Waals surface area contributed by atoms with Gasteiger partial charge >= 0.3 is 0 Å². The highest BCUT2D eigenvalue weighted by molar-refractivity contribution is 9.10. The fourth-order valence-electron chi connectivity index (χ4n) is 1.34. The first-order valence-electron chi connectivity index (χ1n) is 5.01. The van der Waals surface area contributed by atoms with Crippen LogP contribution in [0.5, 0.6) is 0 Å². The van der Waals surface area contributed by atoms with E-state index in [-0.39, 0.29) is 0 Å². The van der Waals surface area contributed by atoms with Crippen LogP contribution in [0.3, 0.4) is 0 Å². The van der Waals surface area contributed by atoms with Crippen LogP contribution in [0, 0.1) is 6.92 Å². The molecule has 0 bridgehead atoms. The van der Waals surface area contributed by atoms with Gasteiger partial charge in [0.1, 0.15) is 5.82 Å². The molecule has 0 unspecified atom stereocenters. The van der Waals surface area contributed by atoms with Crippen LogP contribution < -0.4 is 5.32 Å². The molecule has 1 N–H and O–H groups in total. The SMILES string of the molecule is Cc1nc(NCc2ccncc2)ccc1Br. The molecule has 2 aromatic heterocycles. The molecule has 0 amide bonds. The Kier molecular flexibility index (Phi) is 3.51. The molecule has 0 saturated carbocycles. The third kappa shape index (κ3) is 2.79. The average Bonchev–Trinajstić information content (AvgIpc) is 2.32. The lowest BCUT2D eigenvalue weighted by atomic mass is 10.3. The van der Waals surface area contributed by atoms with E-state index in [1.807, 2.05) is 31.2 Å². The summed E-state index contributed by atoms with van der Waals surface area (Å²) in [6.45, 7) is 2.73. The van der Waals surface area contributed by atoms with Gasteiger partial charge in [-0.05, 0) is 52.7 Å². The molecule has 0 fully saturated rings. The van der Waals surface area contributed by atoms with Crippen molar-refractivity contribution in [2.24, 2.45) is 0 Å². The molecule has 0 saturated heterocycles. The second-order valence-corrected chi connectivity index (χ2v) is 4.33. The van der Waals surface area contributed by atoms with E-state index in [4.69, 9.17) is 0 Å². The number of rotatable bonds is 3.